The van der Waals surface area contributed by atoms with Crippen molar-refractivity contribution in [2.24, 2.45) is 23.2 Å². The zero-order chi connectivity index (χ0) is 7.05. The summed E-state index contributed by atoms with van der Waals surface area (Å²) in [6, 6.07) is 0. The zero-order valence-electron chi connectivity index (χ0n) is 6.84. The van der Waals surface area contributed by atoms with Crippen LogP contribution in [0.3, 0.4) is 0 Å². The van der Waals surface area contributed by atoms with Crippen molar-refractivity contribution in [3.05, 3.63) is 11.6 Å². The van der Waals surface area contributed by atoms with Gasteiger partial charge in [0.25, 0.3) is 0 Å². The molecule has 0 heterocycles. The van der Waals surface area contributed by atoms with Crippen LogP contribution in [0.2, 0.25) is 0 Å². The molecule has 0 N–H and O–H groups in total. The van der Waals surface area contributed by atoms with Gasteiger partial charge < -0.3 is 0 Å². The lowest BCUT2D eigenvalue weighted by atomic mass is 9.48. The van der Waals surface area contributed by atoms with Crippen molar-refractivity contribution in [3.8, 4) is 0 Å². The molecule has 0 aliphatic heterocycles. The molecule has 4 aliphatic carbocycles. The highest BCUT2D eigenvalue weighted by Gasteiger charge is 2.65. The lowest BCUT2D eigenvalue weighted by molar-refractivity contribution is 0.0230. The summed E-state index contributed by atoms with van der Waals surface area (Å²) in [7, 11) is 0. The third-order valence-electron chi connectivity index (χ3n) is 4.84. The van der Waals surface area contributed by atoms with Crippen molar-refractivity contribution in [1.29, 1.82) is 0 Å². The van der Waals surface area contributed by atoms with Crippen LogP contribution < -0.4 is 0 Å². The second-order valence-electron chi connectivity index (χ2n) is 5.10. The Bertz CT molecular complexity index is 257. The maximum absolute atomic E-state index is 2.60. The summed E-state index contributed by atoms with van der Waals surface area (Å²) in [5, 5.41) is 0. The topological polar surface area (TPSA) is 0 Å². The average molecular weight is 146 g/mol. The Morgan fingerprint density at radius 3 is 2.82 bits per heavy atom. The van der Waals surface area contributed by atoms with Gasteiger partial charge in [-0.1, -0.05) is 11.6 Å². The van der Waals surface area contributed by atoms with Gasteiger partial charge in [0, 0.05) is 0 Å². The number of hydrogen-bond donors (Lipinski definition) is 0. The fourth-order valence-corrected chi connectivity index (χ4v) is 3.91. The van der Waals surface area contributed by atoms with Gasteiger partial charge in [0.05, 0.1) is 0 Å². The zero-order valence-corrected chi connectivity index (χ0v) is 6.84. The highest BCUT2D eigenvalue weighted by molar-refractivity contribution is 5.38. The normalized spacial score (nSPS) is 53.8. The highest BCUT2D eigenvalue weighted by atomic mass is 14.7. The van der Waals surface area contributed by atoms with Crippen molar-refractivity contribution >= 4 is 0 Å². The van der Waals surface area contributed by atoms with E-state index in [1.807, 2.05) is 5.57 Å². The molecule has 0 amide bonds. The minimum Gasteiger partial charge on any atom is -0.0842 e. The SMILES string of the molecule is C1=C2C3CCC3C2C2(C1)CC2. The van der Waals surface area contributed by atoms with Crippen LogP contribution in [0, 0.1) is 23.2 Å². The van der Waals surface area contributed by atoms with Crippen molar-refractivity contribution in [2.75, 3.05) is 0 Å². The first-order chi connectivity index (χ1) is 5.41. The summed E-state index contributed by atoms with van der Waals surface area (Å²) in [6.45, 7) is 0. The van der Waals surface area contributed by atoms with E-state index in [-0.39, 0.29) is 0 Å². The van der Waals surface area contributed by atoms with Crippen molar-refractivity contribution in [1.82, 2.24) is 0 Å². The Morgan fingerprint density at radius 1 is 1.27 bits per heavy atom. The Balaban J connectivity index is 1.79. The van der Waals surface area contributed by atoms with Crippen molar-refractivity contribution < 1.29 is 0 Å². The summed E-state index contributed by atoms with van der Waals surface area (Å²) in [6.07, 6.45) is 10.3. The fraction of sp³-hybridized carbons (Fsp3) is 0.818. The molecule has 0 bridgehead atoms. The van der Waals surface area contributed by atoms with Gasteiger partial charge in [0.1, 0.15) is 0 Å². The molecule has 0 nitrogen and oxygen atoms in total. The van der Waals surface area contributed by atoms with E-state index in [1.165, 1.54) is 18.8 Å². The molecule has 0 aromatic heterocycles. The quantitative estimate of drug-likeness (QED) is 0.461. The maximum atomic E-state index is 2.60. The fourth-order valence-electron chi connectivity index (χ4n) is 3.91. The second-order valence-corrected chi connectivity index (χ2v) is 5.10. The Kier molecular flexibility index (Phi) is 0.648. The summed E-state index contributed by atoms with van der Waals surface area (Å²) in [5.74, 6) is 3.38. The summed E-state index contributed by atoms with van der Waals surface area (Å²) in [5.41, 5.74) is 2.77. The van der Waals surface area contributed by atoms with Crippen LogP contribution in [0.1, 0.15) is 32.1 Å². The third kappa shape index (κ3) is 0.410. The van der Waals surface area contributed by atoms with Gasteiger partial charge in [-0.15, -0.1) is 0 Å². The average Bonchev–Trinajstić information content (AvgIpc) is 2.64. The number of rotatable bonds is 0. The van der Waals surface area contributed by atoms with Crippen LogP contribution in [0.5, 0.6) is 0 Å². The molecule has 0 heteroatoms. The van der Waals surface area contributed by atoms with E-state index in [2.05, 4.69) is 6.08 Å². The van der Waals surface area contributed by atoms with Crippen molar-refractivity contribution in [2.45, 2.75) is 32.1 Å². The first-order valence-corrected chi connectivity index (χ1v) is 5.11. The Labute approximate surface area is 67.7 Å². The molecule has 4 aliphatic rings. The van der Waals surface area contributed by atoms with E-state index in [0.29, 0.717) is 0 Å². The molecule has 1 spiro atoms. The van der Waals surface area contributed by atoms with E-state index < -0.39 is 0 Å². The monoisotopic (exact) mass is 146 g/mol. The molecular formula is C11H14. The predicted octanol–water partition coefficient (Wildman–Crippen LogP) is 2.75. The number of hydrogen-bond acceptors (Lipinski definition) is 0. The van der Waals surface area contributed by atoms with Gasteiger partial charge in [-0.3, -0.25) is 0 Å². The first kappa shape index (κ1) is 5.40. The molecule has 11 heavy (non-hydrogen) atoms. The number of fused-ring (bicyclic) bond motifs is 5. The highest BCUT2D eigenvalue weighted by Crippen LogP contribution is 2.74. The van der Waals surface area contributed by atoms with E-state index in [0.717, 1.165) is 17.3 Å². The number of allylic oxidation sites excluding steroid dienone is 2. The summed E-state index contributed by atoms with van der Waals surface area (Å²) < 4.78 is 0. The first-order valence-electron chi connectivity index (χ1n) is 5.11. The van der Waals surface area contributed by atoms with E-state index in [9.17, 15) is 0 Å². The van der Waals surface area contributed by atoms with Gasteiger partial charge in [-0.05, 0) is 55.3 Å². The van der Waals surface area contributed by atoms with Crippen molar-refractivity contribution in [3.63, 3.8) is 0 Å². The maximum Gasteiger partial charge on any atom is -0.0107 e. The largest absolute Gasteiger partial charge is 0.0842 e. The summed E-state index contributed by atoms with van der Waals surface area (Å²) >= 11 is 0. The van der Waals surface area contributed by atoms with Gasteiger partial charge >= 0.3 is 0 Å². The molecule has 4 rings (SSSR count). The second kappa shape index (κ2) is 1.32. The van der Waals surface area contributed by atoms with Gasteiger partial charge in [0.15, 0.2) is 0 Å². The Hall–Kier alpha value is -0.260. The van der Waals surface area contributed by atoms with Crippen LogP contribution in [0.4, 0.5) is 0 Å². The molecule has 3 fully saturated rings. The lowest BCUT2D eigenvalue weighted by Crippen LogP contribution is -2.48. The molecule has 0 aromatic rings. The van der Waals surface area contributed by atoms with Crippen LogP contribution in [-0.2, 0) is 0 Å². The van der Waals surface area contributed by atoms with Crippen LogP contribution in [-0.4, -0.2) is 0 Å². The molecule has 0 aromatic carbocycles. The van der Waals surface area contributed by atoms with Gasteiger partial charge in [-0.2, -0.15) is 0 Å². The Morgan fingerprint density at radius 2 is 2.18 bits per heavy atom. The third-order valence-corrected chi connectivity index (χ3v) is 4.84. The minimum atomic E-state index is 0.872. The van der Waals surface area contributed by atoms with Gasteiger partial charge in [0.2, 0.25) is 0 Å². The molecule has 3 unspecified atom stereocenters. The van der Waals surface area contributed by atoms with E-state index in [1.54, 1.807) is 19.3 Å². The molecular weight excluding hydrogens is 132 g/mol. The van der Waals surface area contributed by atoms with Crippen LogP contribution >= 0.6 is 0 Å². The van der Waals surface area contributed by atoms with Crippen LogP contribution in [0.25, 0.3) is 0 Å². The molecule has 0 saturated heterocycles. The smallest absolute Gasteiger partial charge is 0.0107 e. The standard InChI is InChI=1S/C11H14/c1-2-8-7(1)9-3-4-11(5-6-11)10(8)9/h3,7-8,10H,1-2,4-6H2. The molecule has 0 radical (unpaired) electrons. The van der Waals surface area contributed by atoms with Gasteiger partial charge in [-0.25, -0.2) is 0 Å². The van der Waals surface area contributed by atoms with Crippen LogP contribution in [0.15, 0.2) is 11.6 Å². The molecule has 58 valence electrons. The lowest BCUT2D eigenvalue weighted by Gasteiger charge is -2.56. The summed E-state index contributed by atoms with van der Waals surface area (Å²) in [4.78, 5) is 0. The predicted molar refractivity (Wildman–Crippen MR) is 44.1 cm³/mol. The molecule has 3 atom stereocenters. The van der Waals surface area contributed by atoms with E-state index in [4.69, 9.17) is 0 Å². The molecule has 3 saturated carbocycles. The van der Waals surface area contributed by atoms with E-state index >= 15 is 0 Å². The minimum absolute atomic E-state index is 0.872.